The van der Waals surface area contributed by atoms with Crippen LogP contribution in [0.4, 0.5) is 0 Å². The van der Waals surface area contributed by atoms with E-state index in [1.165, 1.54) is 0 Å². The fourth-order valence-corrected chi connectivity index (χ4v) is 1.48. The van der Waals surface area contributed by atoms with Crippen LogP contribution in [0.1, 0.15) is 40.5 Å². The molecule has 0 saturated carbocycles. The summed E-state index contributed by atoms with van der Waals surface area (Å²) in [6.07, 6.45) is 1.71. The first-order chi connectivity index (χ1) is 7.38. The fraction of sp³-hybridized carbons (Fsp3) is 0.917. The molecule has 16 heavy (non-hydrogen) atoms. The average molecular weight is 230 g/mol. The highest BCUT2D eigenvalue weighted by molar-refractivity contribution is 5.74. The van der Waals surface area contributed by atoms with E-state index in [2.05, 4.69) is 0 Å². The molecule has 2 unspecified atom stereocenters. The molecule has 0 aromatic rings. The smallest absolute Gasteiger partial charge is 0.335 e. The Kier molecular flexibility index (Phi) is 4.74. The Balaban J connectivity index is 2.23. The van der Waals surface area contributed by atoms with Gasteiger partial charge in [0.15, 0.2) is 6.10 Å². The Morgan fingerprint density at radius 2 is 2.19 bits per heavy atom. The lowest BCUT2D eigenvalue weighted by Crippen LogP contribution is -2.33. The molecule has 0 radical (unpaired) electrons. The van der Waals surface area contributed by atoms with Crippen molar-refractivity contribution in [2.75, 3.05) is 13.2 Å². The molecule has 0 aliphatic carbocycles. The molecule has 1 heterocycles. The van der Waals surface area contributed by atoms with Gasteiger partial charge in [0.2, 0.25) is 0 Å². The van der Waals surface area contributed by atoms with Gasteiger partial charge in [0.25, 0.3) is 0 Å². The van der Waals surface area contributed by atoms with E-state index in [0.29, 0.717) is 6.61 Å². The zero-order valence-corrected chi connectivity index (χ0v) is 10.6. The van der Waals surface area contributed by atoms with Gasteiger partial charge in [-0.05, 0) is 40.5 Å². The van der Waals surface area contributed by atoms with Crippen molar-refractivity contribution in [3.05, 3.63) is 0 Å². The summed E-state index contributed by atoms with van der Waals surface area (Å²) in [7, 11) is 0. The van der Waals surface area contributed by atoms with E-state index >= 15 is 0 Å². The number of esters is 1. The minimum absolute atomic E-state index is 0.143. The van der Waals surface area contributed by atoms with Gasteiger partial charge in [-0.1, -0.05) is 0 Å². The predicted octanol–water partition coefficient (Wildman–Crippen LogP) is 1.91. The first-order valence-electron chi connectivity index (χ1n) is 5.84. The van der Waals surface area contributed by atoms with Gasteiger partial charge in [-0.25, -0.2) is 4.79 Å². The number of hydrogen-bond acceptors (Lipinski definition) is 4. The summed E-state index contributed by atoms with van der Waals surface area (Å²) in [5.41, 5.74) is -0.460. The van der Waals surface area contributed by atoms with E-state index in [0.717, 1.165) is 19.4 Å². The van der Waals surface area contributed by atoms with Gasteiger partial charge in [-0.15, -0.1) is 0 Å². The molecular weight excluding hydrogens is 208 g/mol. The summed E-state index contributed by atoms with van der Waals surface area (Å²) in [4.78, 5) is 11.6. The van der Waals surface area contributed by atoms with Crippen LogP contribution in [0.25, 0.3) is 0 Å². The van der Waals surface area contributed by atoms with Crippen LogP contribution in [0.2, 0.25) is 0 Å². The van der Waals surface area contributed by atoms with Crippen LogP contribution in [0.5, 0.6) is 0 Å². The van der Waals surface area contributed by atoms with Gasteiger partial charge in [0, 0.05) is 6.61 Å². The second-order valence-electron chi connectivity index (χ2n) is 5.14. The predicted molar refractivity (Wildman–Crippen MR) is 60.2 cm³/mol. The molecular formula is C12H22O4. The first-order valence-corrected chi connectivity index (χ1v) is 5.84. The van der Waals surface area contributed by atoms with Crippen molar-refractivity contribution >= 4 is 5.97 Å². The van der Waals surface area contributed by atoms with Crippen molar-refractivity contribution < 1.29 is 19.0 Å². The third-order valence-electron chi connectivity index (χ3n) is 2.29. The highest BCUT2D eigenvalue weighted by atomic mass is 16.6. The monoisotopic (exact) mass is 230 g/mol. The number of ether oxygens (including phenoxy) is 3. The minimum Gasteiger partial charge on any atom is -0.458 e. The summed E-state index contributed by atoms with van der Waals surface area (Å²) in [6, 6.07) is 0. The number of rotatable bonds is 4. The zero-order valence-electron chi connectivity index (χ0n) is 10.6. The summed E-state index contributed by atoms with van der Waals surface area (Å²) in [5, 5.41) is 0. The number of hydrogen-bond donors (Lipinski definition) is 0. The van der Waals surface area contributed by atoms with Gasteiger partial charge < -0.3 is 14.2 Å². The number of carbonyl (C=O) groups is 1. The molecule has 94 valence electrons. The lowest BCUT2D eigenvalue weighted by atomic mass is 10.2. The second kappa shape index (κ2) is 5.64. The third-order valence-corrected chi connectivity index (χ3v) is 2.29. The van der Waals surface area contributed by atoms with Crippen LogP contribution in [0, 0.1) is 0 Å². The topological polar surface area (TPSA) is 44.8 Å². The molecule has 0 spiro atoms. The van der Waals surface area contributed by atoms with Gasteiger partial charge in [-0.3, -0.25) is 0 Å². The van der Waals surface area contributed by atoms with Crippen molar-refractivity contribution in [3.63, 3.8) is 0 Å². The molecule has 0 aromatic carbocycles. The van der Waals surface area contributed by atoms with E-state index in [-0.39, 0.29) is 12.1 Å². The van der Waals surface area contributed by atoms with Gasteiger partial charge in [-0.2, -0.15) is 0 Å². The maximum Gasteiger partial charge on any atom is 0.335 e. The van der Waals surface area contributed by atoms with E-state index in [4.69, 9.17) is 14.2 Å². The van der Waals surface area contributed by atoms with Crippen LogP contribution >= 0.6 is 0 Å². The fourth-order valence-electron chi connectivity index (χ4n) is 1.48. The lowest BCUT2D eigenvalue weighted by molar-refractivity contribution is -0.169. The maximum absolute atomic E-state index is 11.6. The molecule has 1 fully saturated rings. The average Bonchev–Trinajstić information content (AvgIpc) is 2.63. The molecule has 0 amide bonds. The van der Waals surface area contributed by atoms with Crippen LogP contribution in [-0.2, 0) is 19.0 Å². The normalized spacial score (nSPS) is 23.1. The van der Waals surface area contributed by atoms with E-state index in [1.54, 1.807) is 6.92 Å². The largest absolute Gasteiger partial charge is 0.458 e. The number of carbonyl (C=O) groups excluding carboxylic acids is 1. The first kappa shape index (κ1) is 13.5. The quantitative estimate of drug-likeness (QED) is 0.692. The Bertz CT molecular complexity index is 226. The van der Waals surface area contributed by atoms with Crippen molar-refractivity contribution in [2.45, 2.75) is 58.3 Å². The van der Waals surface area contributed by atoms with E-state index in [1.807, 2.05) is 20.8 Å². The Hall–Kier alpha value is -0.610. The van der Waals surface area contributed by atoms with Crippen molar-refractivity contribution in [2.24, 2.45) is 0 Å². The summed E-state index contributed by atoms with van der Waals surface area (Å²) < 4.78 is 16.1. The zero-order chi connectivity index (χ0) is 12.2. The van der Waals surface area contributed by atoms with Crippen LogP contribution in [-0.4, -0.2) is 37.0 Å². The molecule has 0 aromatic heterocycles. The molecule has 1 aliphatic heterocycles. The van der Waals surface area contributed by atoms with Crippen molar-refractivity contribution in [1.82, 2.24) is 0 Å². The molecule has 4 heteroatoms. The van der Waals surface area contributed by atoms with Gasteiger partial charge in [0.05, 0.1) is 12.7 Å². The van der Waals surface area contributed by atoms with Crippen LogP contribution < -0.4 is 0 Å². The summed E-state index contributed by atoms with van der Waals surface area (Å²) >= 11 is 0. The van der Waals surface area contributed by atoms with E-state index in [9.17, 15) is 4.79 Å². The Morgan fingerprint density at radius 1 is 1.50 bits per heavy atom. The Morgan fingerprint density at radius 3 is 2.69 bits per heavy atom. The molecule has 0 N–H and O–H groups in total. The molecule has 1 aliphatic rings. The summed E-state index contributed by atoms with van der Waals surface area (Å²) in [6.45, 7) is 8.52. The Labute approximate surface area is 97.2 Å². The molecule has 4 nitrogen and oxygen atoms in total. The minimum atomic E-state index is -0.525. The molecule has 0 bridgehead atoms. The van der Waals surface area contributed by atoms with Gasteiger partial charge >= 0.3 is 5.97 Å². The van der Waals surface area contributed by atoms with Crippen molar-refractivity contribution in [1.29, 1.82) is 0 Å². The molecule has 2 atom stereocenters. The van der Waals surface area contributed by atoms with Gasteiger partial charge in [0.1, 0.15) is 5.60 Å². The summed E-state index contributed by atoms with van der Waals surface area (Å²) in [5.74, 6) is -0.314. The van der Waals surface area contributed by atoms with E-state index < -0.39 is 11.7 Å². The van der Waals surface area contributed by atoms with Crippen LogP contribution in [0.3, 0.4) is 0 Å². The molecule has 1 saturated heterocycles. The highest BCUT2D eigenvalue weighted by Crippen LogP contribution is 2.14. The van der Waals surface area contributed by atoms with Crippen molar-refractivity contribution in [3.8, 4) is 0 Å². The lowest BCUT2D eigenvalue weighted by Gasteiger charge is -2.22. The maximum atomic E-state index is 11.6. The SMILES string of the molecule is CC(OCC1CCCO1)C(=O)OC(C)(C)C. The van der Waals surface area contributed by atoms with Crippen LogP contribution in [0.15, 0.2) is 0 Å². The highest BCUT2D eigenvalue weighted by Gasteiger charge is 2.24. The standard InChI is InChI=1S/C12H22O4/c1-9(11(13)16-12(2,3)4)15-8-10-6-5-7-14-10/h9-10H,5-8H2,1-4H3. The third kappa shape index (κ3) is 4.94. The molecule has 1 rings (SSSR count). The second-order valence-corrected chi connectivity index (χ2v) is 5.14.